The Labute approximate surface area is 222 Å². The number of hydrogen-bond acceptors (Lipinski definition) is 6. The number of aromatic nitrogens is 1. The monoisotopic (exact) mass is 525 g/mol. The Kier molecular flexibility index (Phi) is 7.15. The van der Waals surface area contributed by atoms with Crippen LogP contribution in [0.3, 0.4) is 0 Å². The zero-order valence-electron chi connectivity index (χ0n) is 21.0. The first-order valence-corrected chi connectivity index (χ1v) is 13.5. The molecule has 0 unspecified atom stereocenters. The maximum atomic E-state index is 13.2. The van der Waals surface area contributed by atoms with E-state index in [4.69, 9.17) is 14.5 Å². The van der Waals surface area contributed by atoms with Gasteiger partial charge < -0.3 is 14.8 Å². The zero-order chi connectivity index (χ0) is 26.5. The number of rotatable bonds is 9. The minimum Gasteiger partial charge on any atom is -0.497 e. The van der Waals surface area contributed by atoms with Crippen molar-refractivity contribution in [1.29, 1.82) is 0 Å². The van der Waals surface area contributed by atoms with Gasteiger partial charge in [-0.1, -0.05) is 42.0 Å². The maximum absolute atomic E-state index is 13.2. The molecule has 5 rings (SSSR count). The number of methoxy groups -OCH3 is 1. The lowest BCUT2D eigenvalue weighted by Gasteiger charge is -2.16. The van der Waals surface area contributed by atoms with E-state index in [-0.39, 0.29) is 4.90 Å². The zero-order valence-corrected chi connectivity index (χ0v) is 21.8. The summed E-state index contributed by atoms with van der Waals surface area (Å²) in [5.41, 5.74) is 3.66. The van der Waals surface area contributed by atoms with E-state index >= 15 is 0 Å². The number of nitrogens with zero attached hydrogens (tertiary/aromatic N) is 1. The fourth-order valence-corrected chi connectivity index (χ4v) is 4.99. The first kappa shape index (κ1) is 25.1. The summed E-state index contributed by atoms with van der Waals surface area (Å²) >= 11 is 0. The number of anilines is 2. The van der Waals surface area contributed by atoms with Crippen LogP contribution >= 0.6 is 0 Å². The number of pyridine rings is 1. The lowest BCUT2D eigenvalue weighted by atomic mass is 10.2. The number of fused-ring (bicyclic) bond motifs is 1. The molecule has 1 heterocycles. The summed E-state index contributed by atoms with van der Waals surface area (Å²) in [6.07, 6.45) is 0. The second-order valence-electron chi connectivity index (χ2n) is 8.75. The Morgan fingerprint density at radius 1 is 0.763 bits per heavy atom. The fraction of sp³-hybridized carbons (Fsp3) is 0.100. The Balaban J connectivity index is 1.43. The van der Waals surface area contributed by atoms with Crippen LogP contribution in [0.25, 0.3) is 10.9 Å². The van der Waals surface area contributed by atoms with E-state index in [1.54, 1.807) is 73.8 Å². The van der Waals surface area contributed by atoms with Crippen molar-refractivity contribution >= 4 is 32.3 Å². The smallest absolute Gasteiger partial charge is 0.261 e. The molecule has 4 aromatic carbocycles. The molecule has 0 atom stereocenters. The van der Waals surface area contributed by atoms with Crippen molar-refractivity contribution in [3.8, 4) is 17.2 Å². The van der Waals surface area contributed by atoms with Crippen molar-refractivity contribution in [2.24, 2.45) is 0 Å². The third-order valence-corrected chi connectivity index (χ3v) is 7.36. The number of ether oxygens (including phenoxy) is 2. The molecule has 0 fully saturated rings. The molecule has 0 amide bonds. The van der Waals surface area contributed by atoms with E-state index in [0.717, 1.165) is 22.2 Å². The number of nitrogens with one attached hydrogen (secondary N) is 2. The molecule has 0 aliphatic carbocycles. The van der Waals surface area contributed by atoms with Gasteiger partial charge >= 0.3 is 0 Å². The van der Waals surface area contributed by atoms with E-state index < -0.39 is 10.0 Å². The lowest BCUT2D eigenvalue weighted by Crippen LogP contribution is -2.15. The standard InChI is InChI=1S/C30H27N3O4S/c1-21-7-16-27(17-8-21)38(34,35)33-30-19-26(37-25-13-11-24(36-2)12-14-25)15-18-29(30)31-20-23-10-9-22-5-3-4-6-28(22)32-23/h3-19,31,33H,20H2,1-2H3. The van der Waals surface area contributed by atoms with Crippen molar-refractivity contribution in [2.45, 2.75) is 18.4 Å². The van der Waals surface area contributed by atoms with Crippen LogP contribution in [-0.2, 0) is 16.6 Å². The Bertz CT molecular complexity index is 1670. The van der Waals surface area contributed by atoms with Crippen molar-refractivity contribution in [3.05, 3.63) is 114 Å². The van der Waals surface area contributed by atoms with Gasteiger partial charge in [0.15, 0.2) is 0 Å². The molecular weight excluding hydrogens is 498 g/mol. The van der Waals surface area contributed by atoms with Gasteiger partial charge in [0.1, 0.15) is 17.2 Å². The first-order valence-electron chi connectivity index (χ1n) is 12.0. The van der Waals surface area contributed by atoms with Crippen molar-refractivity contribution < 1.29 is 17.9 Å². The molecule has 8 heteroatoms. The second kappa shape index (κ2) is 10.8. The van der Waals surface area contributed by atoms with Crippen LogP contribution in [0.15, 0.2) is 108 Å². The summed E-state index contributed by atoms with van der Waals surface area (Å²) in [7, 11) is -2.24. The van der Waals surface area contributed by atoms with E-state index in [0.29, 0.717) is 35.2 Å². The van der Waals surface area contributed by atoms with Gasteiger partial charge in [0, 0.05) is 11.5 Å². The molecule has 0 bridgehead atoms. The highest BCUT2D eigenvalue weighted by Crippen LogP contribution is 2.33. The van der Waals surface area contributed by atoms with E-state index in [9.17, 15) is 8.42 Å². The largest absolute Gasteiger partial charge is 0.497 e. The molecule has 0 spiro atoms. The van der Waals surface area contributed by atoms with Crippen LogP contribution in [0.4, 0.5) is 11.4 Å². The number of hydrogen-bond donors (Lipinski definition) is 2. The number of benzene rings is 4. The average Bonchev–Trinajstić information content (AvgIpc) is 2.93. The Morgan fingerprint density at radius 3 is 2.24 bits per heavy atom. The summed E-state index contributed by atoms with van der Waals surface area (Å²) in [5.74, 6) is 1.79. The normalized spacial score (nSPS) is 11.2. The highest BCUT2D eigenvalue weighted by atomic mass is 32.2. The SMILES string of the molecule is COc1ccc(Oc2ccc(NCc3ccc4ccccc4n3)c(NS(=O)(=O)c3ccc(C)cc3)c2)cc1. The van der Waals surface area contributed by atoms with Gasteiger partial charge in [-0.25, -0.2) is 8.42 Å². The van der Waals surface area contributed by atoms with Gasteiger partial charge in [0.2, 0.25) is 0 Å². The molecule has 0 saturated carbocycles. The van der Waals surface area contributed by atoms with Gasteiger partial charge in [-0.05, 0) is 67.6 Å². The summed E-state index contributed by atoms with van der Waals surface area (Å²) in [6, 6.07) is 31.0. The highest BCUT2D eigenvalue weighted by molar-refractivity contribution is 7.92. The molecule has 0 radical (unpaired) electrons. The second-order valence-corrected chi connectivity index (χ2v) is 10.4. The predicted molar refractivity (Wildman–Crippen MR) is 151 cm³/mol. The summed E-state index contributed by atoms with van der Waals surface area (Å²) in [6.45, 7) is 2.31. The lowest BCUT2D eigenvalue weighted by molar-refractivity contribution is 0.413. The van der Waals surface area contributed by atoms with Crippen LogP contribution in [0.1, 0.15) is 11.3 Å². The predicted octanol–water partition coefficient (Wildman–Crippen LogP) is 6.76. The molecule has 0 aliphatic heterocycles. The van der Waals surface area contributed by atoms with Crippen molar-refractivity contribution in [2.75, 3.05) is 17.1 Å². The fourth-order valence-electron chi connectivity index (χ4n) is 3.92. The van der Waals surface area contributed by atoms with Crippen LogP contribution in [-0.4, -0.2) is 20.5 Å². The van der Waals surface area contributed by atoms with Crippen LogP contribution < -0.4 is 19.5 Å². The van der Waals surface area contributed by atoms with Gasteiger partial charge in [0.05, 0.1) is 41.1 Å². The van der Waals surface area contributed by atoms with Crippen LogP contribution in [0, 0.1) is 6.92 Å². The van der Waals surface area contributed by atoms with E-state index in [1.807, 2.05) is 43.3 Å². The average molecular weight is 526 g/mol. The molecule has 7 nitrogen and oxygen atoms in total. The molecule has 1 aromatic heterocycles. The molecule has 0 aliphatic rings. The molecule has 38 heavy (non-hydrogen) atoms. The summed E-state index contributed by atoms with van der Waals surface area (Å²) in [5, 5.41) is 4.38. The van der Waals surface area contributed by atoms with Gasteiger partial charge in [0.25, 0.3) is 10.0 Å². The highest BCUT2D eigenvalue weighted by Gasteiger charge is 2.17. The number of sulfonamides is 1. The number of para-hydroxylation sites is 1. The molecule has 5 aromatic rings. The van der Waals surface area contributed by atoms with Gasteiger partial charge in [-0.15, -0.1) is 0 Å². The third kappa shape index (κ3) is 5.87. The molecule has 192 valence electrons. The van der Waals surface area contributed by atoms with Gasteiger partial charge in [-0.2, -0.15) is 0 Å². The molecule has 0 saturated heterocycles. The third-order valence-electron chi connectivity index (χ3n) is 5.98. The Morgan fingerprint density at radius 2 is 1.47 bits per heavy atom. The van der Waals surface area contributed by atoms with E-state index in [1.165, 1.54) is 0 Å². The maximum Gasteiger partial charge on any atom is 0.261 e. The first-order chi connectivity index (χ1) is 18.4. The minimum absolute atomic E-state index is 0.173. The van der Waals surface area contributed by atoms with Crippen LogP contribution in [0.2, 0.25) is 0 Å². The topological polar surface area (TPSA) is 89.6 Å². The molecular formula is C30H27N3O4S. The molecule has 2 N–H and O–H groups in total. The Hall–Kier alpha value is -4.56. The minimum atomic E-state index is -3.84. The number of aryl methyl sites for hydroxylation is 1. The summed E-state index contributed by atoms with van der Waals surface area (Å²) < 4.78 is 40.4. The van der Waals surface area contributed by atoms with Crippen molar-refractivity contribution in [3.63, 3.8) is 0 Å². The van der Waals surface area contributed by atoms with Crippen molar-refractivity contribution in [1.82, 2.24) is 4.98 Å². The van der Waals surface area contributed by atoms with Gasteiger partial charge in [-0.3, -0.25) is 9.71 Å². The van der Waals surface area contributed by atoms with Crippen LogP contribution in [0.5, 0.6) is 17.2 Å². The quantitative estimate of drug-likeness (QED) is 0.221. The van der Waals surface area contributed by atoms with E-state index in [2.05, 4.69) is 10.0 Å². The summed E-state index contributed by atoms with van der Waals surface area (Å²) in [4.78, 5) is 4.87.